The van der Waals surface area contributed by atoms with Gasteiger partial charge in [0, 0.05) is 17.3 Å². The quantitative estimate of drug-likeness (QED) is 0.175. The van der Waals surface area contributed by atoms with Gasteiger partial charge in [-0.25, -0.2) is 0 Å². The highest BCUT2D eigenvalue weighted by atomic mass is 16.5. The van der Waals surface area contributed by atoms with E-state index in [1.165, 1.54) is 0 Å². The molecule has 4 aromatic rings. The second-order valence-corrected chi connectivity index (χ2v) is 8.83. The van der Waals surface area contributed by atoms with Crippen molar-refractivity contribution in [3.63, 3.8) is 0 Å². The summed E-state index contributed by atoms with van der Waals surface area (Å²) < 4.78 is 34.5. The molecule has 0 bridgehead atoms. The number of nitrogens with two attached hydrogens (primary N) is 1. The first-order valence-corrected chi connectivity index (χ1v) is 12.4. The highest BCUT2D eigenvalue weighted by Gasteiger charge is 2.17. The zero-order valence-corrected chi connectivity index (χ0v) is 23.6. The summed E-state index contributed by atoms with van der Waals surface area (Å²) >= 11 is 0. The molecule has 0 saturated carbocycles. The van der Waals surface area contributed by atoms with Crippen LogP contribution in [0.2, 0.25) is 0 Å². The average Bonchev–Trinajstić information content (AvgIpc) is 3.39. The van der Waals surface area contributed by atoms with Crippen LogP contribution in [0.3, 0.4) is 0 Å². The highest BCUT2D eigenvalue weighted by molar-refractivity contribution is 5.81. The number of hydrogen-bond donors (Lipinski definition) is 1. The Morgan fingerprint density at radius 2 is 1.23 bits per heavy atom. The second-order valence-electron chi connectivity index (χ2n) is 8.83. The van der Waals surface area contributed by atoms with Crippen LogP contribution >= 0.6 is 0 Å². The largest absolute Gasteiger partial charge is 0.493 e. The molecule has 208 valence electrons. The van der Waals surface area contributed by atoms with Gasteiger partial charge in [-0.05, 0) is 58.7 Å². The number of methoxy groups -OCH3 is 6. The van der Waals surface area contributed by atoms with Crippen LogP contribution in [0, 0.1) is 0 Å². The van der Waals surface area contributed by atoms with Crippen LogP contribution < -0.4 is 34.3 Å². The fourth-order valence-electron chi connectivity index (χ4n) is 4.48. The Morgan fingerprint density at radius 1 is 0.675 bits per heavy atom. The number of allylic oxidation sites excluding steroid dienone is 2. The van der Waals surface area contributed by atoms with Gasteiger partial charge in [0.15, 0.2) is 23.0 Å². The van der Waals surface area contributed by atoms with E-state index < -0.39 is 0 Å². The molecule has 2 N–H and O–H groups in total. The van der Waals surface area contributed by atoms with Crippen molar-refractivity contribution in [2.24, 2.45) is 0 Å². The first-order valence-electron chi connectivity index (χ1n) is 12.4. The molecule has 0 radical (unpaired) electrons. The lowest BCUT2D eigenvalue weighted by atomic mass is 10.0. The van der Waals surface area contributed by atoms with Gasteiger partial charge in [-0.1, -0.05) is 36.9 Å². The molecular formula is C32H34N2O6. The summed E-state index contributed by atoms with van der Waals surface area (Å²) in [6, 6.07) is 17.7. The lowest BCUT2D eigenvalue weighted by molar-refractivity contribution is 0.324. The first kappa shape index (κ1) is 28.0. The third-order valence-electron chi connectivity index (χ3n) is 6.54. The minimum absolute atomic E-state index is 0.536. The van der Waals surface area contributed by atoms with Crippen molar-refractivity contribution in [3.05, 3.63) is 84.6 Å². The molecule has 0 unspecified atom stereocenters. The van der Waals surface area contributed by atoms with E-state index in [-0.39, 0.29) is 0 Å². The summed E-state index contributed by atoms with van der Waals surface area (Å²) in [7, 11) is 9.52. The first-order chi connectivity index (χ1) is 19.4. The van der Waals surface area contributed by atoms with E-state index >= 15 is 0 Å². The molecule has 1 aromatic heterocycles. The molecule has 0 aliphatic rings. The summed E-state index contributed by atoms with van der Waals surface area (Å²) in [4.78, 5) is 0. The number of benzene rings is 3. The van der Waals surface area contributed by atoms with E-state index in [0.29, 0.717) is 34.5 Å². The van der Waals surface area contributed by atoms with Gasteiger partial charge in [0.1, 0.15) is 0 Å². The lowest BCUT2D eigenvalue weighted by Crippen LogP contribution is -2.07. The number of ether oxygens (including phenoxy) is 6. The summed E-state index contributed by atoms with van der Waals surface area (Å²) in [5, 5.41) is 0. The Bertz CT molecular complexity index is 1500. The number of nitrogens with zero attached hydrogens (tertiary/aromatic N) is 1. The SMILES string of the molecule is C=C(/C=C/c1cccc(-c2cc(-c3cc(OC)c(OC)c(OC)c3)cn2N)c1)c1cc(OC)c(OC)c(OC)c1. The molecule has 0 atom stereocenters. The molecular weight excluding hydrogens is 508 g/mol. The standard InChI is InChI=1S/C32H34N2O6/c1-20(23-15-27(35-2)31(39-6)28(16-23)36-3)11-12-21-9-8-10-22(13-21)26-14-25(19-34(26)33)24-17-29(37-4)32(40-7)30(18-24)38-5/h8-19H,1,33H2,2-7H3/b12-11+. The van der Waals surface area contributed by atoms with Crippen molar-refractivity contribution in [1.29, 1.82) is 0 Å². The Hall–Kier alpha value is -4.98. The molecule has 8 heteroatoms. The van der Waals surface area contributed by atoms with Crippen LogP contribution in [0.15, 0.2) is 73.4 Å². The molecule has 0 amide bonds. The normalized spacial score (nSPS) is 10.8. The van der Waals surface area contributed by atoms with Crippen molar-refractivity contribution in [1.82, 2.24) is 4.68 Å². The Kier molecular flexibility index (Phi) is 8.59. The Balaban J connectivity index is 1.63. The summed E-state index contributed by atoms with van der Waals surface area (Å²) in [5.74, 6) is 9.75. The van der Waals surface area contributed by atoms with Crippen LogP contribution in [0.4, 0.5) is 0 Å². The maximum atomic E-state index is 6.40. The number of hydrogen-bond acceptors (Lipinski definition) is 7. The maximum absolute atomic E-state index is 6.40. The van der Waals surface area contributed by atoms with Gasteiger partial charge >= 0.3 is 0 Å². The Morgan fingerprint density at radius 3 is 1.75 bits per heavy atom. The molecule has 0 fully saturated rings. The zero-order valence-electron chi connectivity index (χ0n) is 23.6. The fourth-order valence-corrected chi connectivity index (χ4v) is 4.48. The van der Waals surface area contributed by atoms with Crippen molar-refractivity contribution in [2.75, 3.05) is 48.5 Å². The third kappa shape index (κ3) is 5.56. The molecule has 8 nitrogen and oxygen atoms in total. The topological polar surface area (TPSA) is 86.3 Å². The van der Waals surface area contributed by atoms with Crippen LogP contribution in [0.5, 0.6) is 34.5 Å². The molecule has 0 spiro atoms. The predicted octanol–water partition coefficient (Wildman–Crippen LogP) is 6.31. The number of rotatable bonds is 11. The molecule has 40 heavy (non-hydrogen) atoms. The molecule has 1 heterocycles. The summed E-state index contributed by atoms with van der Waals surface area (Å²) in [5.41, 5.74) is 6.24. The highest BCUT2D eigenvalue weighted by Crippen LogP contribution is 2.42. The second kappa shape index (κ2) is 12.3. The number of nitrogen functional groups attached to an aromatic ring is 1. The van der Waals surface area contributed by atoms with Crippen molar-refractivity contribution >= 4 is 11.6 Å². The number of aromatic nitrogens is 1. The van der Waals surface area contributed by atoms with Crippen LogP contribution in [0.25, 0.3) is 34.0 Å². The van der Waals surface area contributed by atoms with Crippen molar-refractivity contribution in [2.45, 2.75) is 0 Å². The molecule has 0 aliphatic carbocycles. The van der Waals surface area contributed by atoms with Crippen LogP contribution in [0.1, 0.15) is 11.1 Å². The van der Waals surface area contributed by atoms with Gasteiger partial charge < -0.3 is 34.3 Å². The van der Waals surface area contributed by atoms with E-state index in [1.807, 2.05) is 66.9 Å². The minimum Gasteiger partial charge on any atom is -0.493 e. The van der Waals surface area contributed by atoms with Crippen LogP contribution in [-0.2, 0) is 0 Å². The monoisotopic (exact) mass is 542 g/mol. The van der Waals surface area contributed by atoms with Gasteiger partial charge in [-0.3, -0.25) is 4.68 Å². The third-order valence-corrected chi connectivity index (χ3v) is 6.54. The predicted molar refractivity (Wildman–Crippen MR) is 159 cm³/mol. The van der Waals surface area contributed by atoms with Gasteiger partial charge in [0.2, 0.25) is 11.5 Å². The van der Waals surface area contributed by atoms with E-state index in [0.717, 1.165) is 39.1 Å². The zero-order chi connectivity index (χ0) is 28.8. The summed E-state index contributed by atoms with van der Waals surface area (Å²) in [6.45, 7) is 4.23. The van der Waals surface area contributed by atoms with E-state index in [1.54, 1.807) is 47.3 Å². The fraction of sp³-hybridized carbons (Fsp3) is 0.188. The molecule has 0 aliphatic heterocycles. The van der Waals surface area contributed by atoms with E-state index in [2.05, 4.69) is 12.6 Å². The average molecular weight is 543 g/mol. The minimum atomic E-state index is 0.536. The molecule has 4 rings (SSSR count). The van der Waals surface area contributed by atoms with Crippen LogP contribution in [-0.4, -0.2) is 47.3 Å². The molecule has 0 saturated heterocycles. The van der Waals surface area contributed by atoms with Gasteiger partial charge in [-0.2, -0.15) is 0 Å². The van der Waals surface area contributed by atoms with Gasteiger partial charge in [0.25, 0.3) is 0 Å². The molecule has 3 aromatic carbocycles. The van der Waals surface area contributed by atoms with E-state index in [4.69, 9.17) is 34.3 Å². The Labute approximate surface area is 234 Å². The van der Waals surface area contributed by atoms with Gasteiger partial charge in [-0.15, -0.1) is 0 Å². The van der Waals surface area contributed by atoms with Gasteiger partial charge in [0.05, 0.1) is 48.4 Å². The van der Waals surface area contributed by atoms with Crippen molar-refractivity contribution < 1.29 is 28.4 Å². The van der Waals surface area contributed by atoms with E-state index in [9.17, 15) is 0 Å². The smallest absolute Gasteiger partial charge is 0.203 e. The summed E-state index contributed by atoms with van der Waals surface area (Å²) in [6.07, 6.45) is 5.81. The van der Waals surface area contributed by atoms with Crippen molar-refractivity contribution in [3.8, 4) is 56.9 Å². The maximum Gasteiger partial charge on any atom is 0.203 e. The lowest BCUT2D eigenvalue weighted by Gasteiger charge is -2.14.